The monoisotopic (exact) mass is 332 g/mol. The van der Waals surface area contributed by atoms with Gasteiger partial charge in [0, 0.05) is 34.7 Å². The minimum atomic E-state index is -0.430. The Morgan fingerprint density at radius 2 is 2.10 bits per heavy atom. The maximum absolute atomic E-state index is 11.1. The zero-order valence-corrected chi connectivity index (χ0v) is 12.0. The molecule has 0 atom stereocenters. The van der Waals surface area contributed by atoms with Gasteiger partial charge in [0.2, 0.25) is 0 Å². The van der Waals surface area contributed by atoms with Gasteiger partial charge in [0.1, 0.15) is 5.69 Å². The third-order valence-electron chi connectivity index (χ3n) is 3.05. The number of nitro groups is 1. The summed E-state index contributed by atoms with van der Waals surface area (Å²) in [4.78, 5) is 14.9. The van der Waals surface area contributed by atoms with Crippen molar-refractivity contribution in [2.45, 2.75) is 0 Å². The Balaban J connectivity index is 2.22. The summed E-state index contributed by atoms with van der Waals surface area (Å²) in [6.45, 7) is 0. The number of benzene rings is 1. The molecule has 0 aliphatic rings. The van der Waals surface area contributed by atoms with Gasteiger partial charge in [-0.15, -0.1) is 0 Å². The largest absolute Gasteiger partial charge is 0.296 e. The van der Waals surface area contributed by atoms with Crippen LogP contribution in [0.1, 0.15) is 0 Å². The average Bonchev–Trinajstić information content (AvgIpc) is 2.80. The van der Waals surface area contributed by atoms with E-state index in [1.807, 2.05) is 25.2 Å². The van der Waals surface area contributed by atoms with Gasteiger partial charge < -0.3 is 0 Å². The fourth-order valence-electron chi connectivity index (χ4n) is 2.10. The van der Waals surface area contributed by atoms with E-state index in [4.69, 9.17) is 0 Å². The second-order valence-corrected chi connectivity index (χ2v) is 5.24. The van der Waals surface area contributed by atoms with Crippen molar-refractivity contribution >= 4 is 32.5 Å². The molecule has 100 valence electrons. The lowest BCUT2D eigenvalue weighted by Gasteiger charge is -2.03. The molecule has 0 saturated heterocycles. The summed E-state index contributed by atoms with van der Waals surface area (Å²) in [6.07, 6.45) is 3.28. The molecule has 7 heteroatoms. The molecule has 0 amide bonds. The molecule has 6 nitrogen and oxygen atoms in total. The van der Waals surface area contributed by atoms with Crippen molar-refractivity contribution < 1.29 is 4.92 Å². The van der Waals surface area contributed by atoms with Crippen molar-refractivity contribution in [3.05, 3.63) is 51.2 Å². The van der Waals surface area contributed by atoms with E-state index in [0.29, 0.717) is 15.7 Å². The molecule has 0 aliphatic carbocycles. The van der Waals surface area contributed by atoms with Crippen LogP contribution in [-0.4, -0.2) is 19.7 Å². The van der Waals surface area contributed by atoms with Crippen molar-refractivity contribution in [3.63, 3.8) is 0 Å². The summed E-state index contributed by atoms with van der Waals surface area (Å²) in [6, 6.07) is 7.00. The SMILES string of the molecule is Cn1ncc2cc(-c3ncc(Br)cc3[N+](=O)[O-])ccc21. The molecule has 0 bridgehead atoms. The smallest absolute Gasteiger partial charge is 0.268 e. The number of rotatable bonds is 2. The predicted octanol–water partition coefficient (Wildman–Crippen LogP) is 3.31. The van der Waals surface area contributed by atoms with Crippen molar-refractivity contribution in [2.75, 3.05) is 0 Å². The summed E-state index contributed by atoms with van der Waals surface area (Å²) < 4.78 is 2.33. The third-order valence-corrected chi connectivity index (χ3v) is 3.48. The second-order valence-electron chi connectivity index (χ2n) is 4.32. The van der Waals surface area contributed by atoms with Crippen LogP contribution in [0.2, 0.25) is 0 Å². The quantitative estimate of drug-likeness (QED) is 0.533. The highest BCUT2D eigenvalue weighted by molar-refractivity contribution is 9.10. The number of nitrogens with zero attached hydrogens (tertiary/aromatic N) is 4. The van der Waals surface area contributed by atoms with E-state index in [-0.39, 0.29) is 5.69 Å². The first-order valence-corrected chi connectivity index (χ1v) is 6.57. The van der Waals surface area contributed by atoms with E-state index in [0.717, 1.165) is 10.9 Å². The lowest BCUT2D eigenvalue weighted by molar-refractivity contribution is -0.384. The van der Waals surface area contributed by atoms with Gasteiger partial charge in [-0.3, -0.25) is 14.8 Å². The lowest BCUT2D eigenvalue weighted by Crippen LogP contribution is -1.95. The van der Waals surface area contributed by atoms with Gasteiger partial charge in [-0.2, -0.15) is 5.10 Å². The number of halogens is 1. The molecule has 0 N–H and O–H groups in total. The highest BCUT2D eigenvalue weighted by Crippen LogP contribution is 2.31. The van der Waals surface area contributed by atoms with E-state index in [2.05, 4.69) is 26.0 Å². The predicted molar refractivity (Wildman–Crippen MR) is 78.3 cm³/mol. The van der Waals surface area contributed by atoms with Gasteiger partial charge in [0.05, 0.1) is 16.6 Å². The Bertz CT molecular complexity index is 828. The summed E-state index contributed by atoms with van der Waals surface area (Å²) >= 11 is 3.20. The topological polar surface area (TPSA) is 73.8 Å². The molecule has 2 aromatic heterocycles. The Hall–Kier alpha value is -2.28. The van der Waals surface area contributed by atoms with E-state index < -0.39 is 4.92 Å². The van der Waals surface area contributed by atoms with Crippen molar-refractivity contribution in [2.24, 2.45) is 7.05 Å². The zero-order valence-electron chi connectivity index (χ0n) is 10.4. The van der Waals surface area contributed by atoms with Gasteiger partial charge in [0.25, 0.3) is 5.69 Å². The highest BCUT2D eigenvalue weighted by atomic mass is 79.9. The van der Waals surface area contributed by atoms with Crippen LogP contribution in [0, 0.1) is 10.1 Å². The van der Waals surface area contributed by atoms with Crippen LogP contribution < -0.4 is 0 Å². The molecule has 0 unspecified atom stereocenters. The third kappa shape index (κ3) is 2.05. The summed E-state index contributed by atoms with van der Waals surface area (Å²) in [7, 11) is 1.85. The fourth-order valence-corrected chi connectivity index (χ4v) is 2.42. The minimum Gasteiger partial charge on any atom is -0.268 e. The van der Waals surface area contributed by atoms with Crippen LogP contribution >= 0.6 is 15.9 Å². The molecule has 3 rings (SSSR count). The molecular weight excluding hydrogens is 324 g/mol. The molecule has 3 aromatic rings. The molecular formula is C13H9BrN4O2. The molecule has 0 radical (unpaired) electrons. The first-order chi connectivity index (χ1) is 9.56. The molecule has 0 spiro atoms. The zero-order chi connectivity index (χ0) is 14.3. The number of fused-ring (bicyclic) bond motifs is 1. The molecule has 0 aliphatic heterocycles. The Morgan fingerprint density at radius 3 is 2.85 bits per heavy atom. The van der Waals surface area contributed by atoms with Crippen LogP contribution in [0.4, 0.5) is 5.69 Å². The van der Waals surface area contributed by atoms with Crippen molar-refractivity contribution in [1.29, 1.82) is 0 Å². The van der Waals surface area contributed by atoms with E-state index >= 15 is 0 Å². The Morgan fingerprint density at radius 1 is 1.30 bits per heavy atom. The fraction of sp³-hybridized carbons (Fsp3) is 0.0769. The van der Waals surface area contributed by atoms with Crippen molar-refractivity contribution in [1.82, 2.24) is 14.8 Å². The van der Waals surface area contributed by atoms with E-state index in [1.165, 1.54) is 6.07 Å². The lowest BCUT2D eigenvalue weighted by atomic mass is 10.1. The highest BCUT2D eigenvalue weighted by Gasteiger charge is 2.18. The molecule has 0 fully saturated rings. The first-order valence-electron chi connectivity index (χ1n) is 5.78. The van der Waals surface area contributed by atoms with Crippen LogP contribution in [0.25, 0.3) is 22.2 Å². The van der Waals surface area contributed by atoms with Gasteiger partial charge >= 0.3 is 0 Å². The minimum absolute atomic E-state index is 0.0254. The second kappa shape index (κ2) is 4.68. The first kappa shape index (κ1) is 12.7. The molecule has 20 heavy (non-hydrogen) atoms. The van der Waals surface area contributed by atoms with Gasteiger partial charge in [-0.05, 0) is 28.1 Å². The number of hydrogen-bond acceptors (Lipinski definition) is 4. The van der Waals surface area contributed by atoms with Crippen LogP contribution in [-0.2, 0) is 7.05 Å². The van der Waals surface area contributed by atoms with Gasteiger partial charge in [0.15, 0.2) is 0 Å². The average molecular weight is 333 g/mol. The van der Waals surface area contributed by atoms with Crippen molar-refractivity contribution in [3.8, 4) is 11.3 Å². The number of aryl methyl sites for hydroxylation is 1. The number of aromatic nitrogens is 3. The molecule has 1 aromatic carbocycles. The number of hydrogen-bond donors (Lipinski definition) is 0. The standard InChI is InChI=1S/C13H9BrN4O2/c1-17-11-3-2-8(4-9(11)6-16-17)13-12(18(19)20)5-10(14)7-15-13/h2-7H,1H3. The normalized spacial score (nSPS) is 10.9. The van der Waals surface area contributed by atoms with Gasteiger partial charge in [-0.1, -0.05) is 6.07 Å². The molecule has 0 saturated carbocycles. The summed E-state index contributed by atoms with van der Waals surface area (Å²) in [5.74, 6) is 0. The Kier molecular flexibility index (Phi) is 2.98. The van der Waals surface area contributed by atoms with E-state index in [9.17, 15) is 10.1 Å². The van der Waals surface area contributed by atoms with Gasteiger partial charge in [-0.25, -0.2) is 4.98 Å². The number of pyridine rings is 1. The van der Waals surface area contributed by atoms with E-state index in [1.54, 1.807) is 17.1 Å². The molecule has 2 heterocycles. The summed E-state index contributed by atoms with van der Waals surface area (Å²) in [5, 5.41) is 16.2. The Labute approximate surface area is 122 Å². The maximum Gasteiger partial charge on any atom is 0.296 e. The van der Waals surface area contributed by atoms with Crippen LogP contribution in [0.3, 0.4) is 0 Å². The van der Waals surface area contributed by atoms with Crippen LogP contribution in [0.15, 0.2) is 41.1 Å². The van der Waals surface area contributed by atoms with Crippen LogP contribution in [0.5, 0.6) is 0 Å². The maximum atomic E-state index is 11.1. The summed E-state index contributed by atoms with van der Waals surface area (Å²) in [5.41, 5.74) is 1.99.